The van der Waals surface area contributed by atoms with E-state index >= 15 is 0 Å². The van der Waals surface area contributed by atoms with Gasteiger partial charge >= 0.3 is 22.3 Å². The minimum atomic E-state index is -3.66. The largest absolute Gasteiger partial charge is 0.478 e. The van der Waals surface area contributed by atoms with E-state index in [9.17, 15) is 22.8 Å². The number of nitrogens with zero attached hydrogens (tertiary/aromatic N) is 2. The number of carbonyl (C=O) groups is 3. The lowest BCUT2D eigenvalue weighted by Gasteiger charge is -2.07. The van der Waals surface area contributed by atoms with Gasteiger partial charge in [-0.3, -0.25) is 13.2 Å². The van der Waals surface area contributed by atoms with Gasteiger partial charge in [0.1, 0.15) is 6.61 Å². The summed E-state index contributed by atoms with van der Waals surface area (Å²) in [7, 11) is 2.23. The fourth-order valence-corrected chi connectivity index (χ4v) is 2.18. The molecule has 1 saturated heterocycles. The summed E-state index contributed by atoms with van der Waals surface area (Å²) in [4.78, 5) is 35.1. The summed E-state index contributed by atoms with van der Waals surface area (Å²) >= 11 is 0. The first-order valence-corrected chi connectivity index (χ1v) is 12.0. The van der Waals surface area contributed by atoms with Crippen molar-refractivity contribution >= 4 is 28.2 Å². The van der Waals surface area contributed by atoms with Crippen molar-refractivity contribution in [3.05, 3.63) is 36.7 Å². The Morgan fingerprint density at radius 2 is 1.71 bits per heavy atom. The normalized spacial score (nSPS) is 13.1. The Morgan fingerprint density at radius 1 is 1.17 bits per heavy atom. The van der Waals surface area contributed by atoms with E-state index < -0.39 is 16.4 Å². The van der Waals surface area contributed by atoms with Crippen molar-refractivity contribution in [2.75, 3.05) is 48.0 Å². The number of carboxylic acids is 1. The molecular formula is C22H41N3O9S. The Morgan fingerprint density at radius 3 is 1.91 bits per heavy atom. The van der Waals surface area contributed by atoms with Crippen molar-refractivity contribution in [1.82, 2.24) is 9.80 Å². The number of likely N-dealkylation sites (tertiary alicyclic amines) is 1. The van der Waals surface area contributed by atoms with E-state index in [-0.39, 0.29) is 11.9 Å². The van der Waals surface area contributed by atoms with E-state index in [0.717, 1.165) is 39.8 Å². The van der Waals surface area contributed by atoms with E-state index in [4.69, 9.17) is 15.6 Å². The number of amides is 1. The van der Waals surface area contributed by atoms with E-state index in [1.165, 1.54) is 0 Å². The molecule has 3 N–H and O–H groups in total. The molecule has 1 aliphatic rings. The van der Waals surface area contributed by atoms with E-state index in [0.29, 0.717) is 37.1 Å². The number of hydrogen-bond donors (Lipinski definition) is 2. The third-order valence-corrected chi connectivity index (χ3v) is 4.88. The third-order valence-electron chi connectivity index (χ3n) is 4.07. The maximum absolute atomic E-state index is 10.7. The lowest BCUT2D eigenvalue weighted by Crippen LogP contribution is -2.19. The van der Waals surface area contributed by atoms with Crippen LogP contribution in [0.25, 0.3) is 0 Å². The molecule has 1 fully saturated rings. The van der Waals surface area contributed by atoms with Gasteiger partial charge in [-0.2, -0.15) is 8.42 Å². The zero-order valence-corrected chi connectivity index (χ0v) is 22.4. The molecule has 0 bridgehead atoms. The zero-order chi connectivity index (χ0) is 28.0. The minimum absolute atomic E-state index is 0.208. The number of rotatable bonds is 10. The molecule has 0 aromatic carbocycles. The molecule has 0 atom stereocenters. The predicted molar refractivity (Wildman–Crippen MR) is 133 cm³/mol. The molecule has 1 heterocycles. The molecule has 0 aliphatic carbocycles. The number of ether oxygens (including phenoxy) is 1. The Balaban J connectivity index is -0.000000394. The first-order valence-electron chi connectivity index (χ1n) is 10.7. The van der Waals surface area contributed by atoms with Crippen molar-refractivity contribution < 1.29 is 41.0 Å². The highest BCUT2D eigenvalue weighted by atomic mass is 32.3. The van der Waals surface area contributed by atoms with E-state index in [1.54, 1.807) is 18.0 Å². The van der Waals surface area contributed by atoms with Crippen LogP contribution in [0.1, 0.15) is 39.5 Å². The summed E-state index contributed by atoms with van der Waals surface area (Å²) in [6.07, 6.45) is 5.55. The lowest BCUT2D eigenvalue weighted by molar-refractivity contribution is -0.138. The second kappa shape index (κ2) is 21.8. The number of esters is 1. The molecule has 204 valence electrons. The van der Waals surface area contributed by atoms with Gasteiger partial charge in [-0.1, -0.05) is 27.0 Å². The van der Waals surface area contributed by atoms with Crippen molar-refractivity contribution in [2.45, 2.75) is 39.5 Å². The topological polar surface area (TPSA) is 166 Å². The molecule has 13 heteroatoms. The number of hydrogen-bond acceptors (Lipinski definition) is 10. The maximum Gasteiger partial charge on any atom is 0.399 e. The van der Waals surface area contributed by atoms with Crippen molar-refractivity contribution in [3.8, 4) is 0 Å². The second-order valence-corrected chi connectivity index (χ2v) is 8.29. The molecule has 1 rings (SSSR count). The van der Waals surface area contributed by atoms with Crippen molar-refractivity contribution in [3.63, 3.8) is 0 Å². The fourth-order valence-electron chi connectivity index (χ4n) is 2.05. The van der Waals surface area contributed by atoms with Gasteiger partial charge in [0.15, 0.2) is 0 Å². The molecule has 1 amide bonds. The molecule has 0 aromatic heterocycles. The molecular weight excluding hydrogens is 482 g/mol. The van der Waals surface area contributed by atoms with Crippen LogP contribution in [0.3, 0.4) is 0 Å². The molecule has 0 saturated carbocycles. The number of likely N-dealkylation sites (N-methyl/N-ethyl adjacent to an activating group) is 1. The summed E-state index contributed by atoms with van der Waals surface area (Å²) in [5.41, 5.74) is 6.24. The van der Waals surface area contributed by atoms with Crippen molar-refractivity contribution in [2.24, 2.45) is 5.73 Å². The first kappa shape index (κ1) is 36.8. The highest BCUT2D eigenvalue weighted by Gasteiger charge is 2.16. The smallest absolute Gasteiger partial charge is 0.399 e. The van der Waals surface area contributed by atoms with Gasteiger partial charge in [-0.25, -0.2) is 9.59 Å². The summed E-state index contributed by atoms with van der Waals surface area (Å²) in [6, 6.07) is 0. The van der Waals surface area contributed by atoms with Gasteiger partial charge in [0.05, 0.1) is 19.8 Å². The average molecular weight is 524 g/mol. The Labute approximate surface area is 209 Å². The summed E-state index contributed by atoms with van der Waals surface area (Å²) in [5, 5.41) is 8.54. The van der Waals surface area contributed by atoms with Crippen LogP contribution < -0.4 is 5.73 Å². The SMILES string of the molecule is C=CC(=O)OCCN(C)C.C=CN1CCCC1=O.CCC(N)=C(CC)C(=O)O.COS(=O)(=O)OC. The summed E-state index contributed by atoms with van der Waals surface area (Å²) in [5.74, 6) is -1.05. The van der Waals surface area contributed by atoms with Gasteiger partial charge in [0.25, 0.3) is 0 Å². The third kappa shape index (κ3) is 21.5. The lowest BCUT2D eigenvalue weighted by atomic mass is 10.1. The van der Waals surface area contributed by atoms with Crippen LogP contribution in [-0.4, -0.2) is 89.2 Å². The summed E-state index contributed by atoms with van der Waals surface area (Å²) < 4.78 is 32.2. The van der Waals surface area contributed by atoms with Gasteiger partial charge in [0.2, 0.25) is 5.91 Å². The van der Waals surface area contributed by atoms with Crippen LogP contribution >= 0.6 is 0 Å². The zero-order valence-electron chi connectivity index (χ0n) is 21.6. The molecule has 0 unspecified atom stereocenters. The van der Waals surface area contributed by atoms with Crippen LogP contribution in [0.2, 0.25) is 0 Å². The van der Waals surface area contributed by atoms with Crippen LogP contribution in [0, 0.1) is 0 Å². The van der Waals surface area contributed by atoms with Crippen LogP contribution in [0.5, 0.6) is 0 Å². The maximum atomic E-state index is 10.7. The number of allylic oxidation sites excluding steroid dienone is 1. The van der Waals surface area contributed by atoms with Crippen LogP contribution in [-0.2, 0) is 37.9 Å². The Bertz CT molecular complexity index is 784. The Hall–Kier alpha value is -2.74. The number of carboxylic acid groups (broad SMARTS) is 1. The molecule has 0 radical (unpaired) electrons. The monoisotopic (exact) mass is 523 g/mol. The van der Waals surface area contributed by atoms with Gasteiger partial charge in [-0.15, -0.1) is 0 Å². The van der Waals surface area contributed by atoms with Gasteiger partial charge in [0, 0.05) is 31.3 Å². The highest BCUT2D eigenvalue weighted by molar-refractivity contribution is 7.81. The standard InChI is InChI=1S/2C7H13NO2.C6H9NO.C2H6O4S/c1-4-7(9)10-6-5-8(2)3;1-3-5(7(9)10)6(8)4-2;1-2-7-5-3-4-6(7)8;1-5-7(3,4)6-2/h4H,1,5-6H2,2-3H3;3-4,8H2,1-2H3,(H,9,10);2H,1,3-5H2;1-2H3. The minimum Gasteiger partial charge on any atom is -0.478 e. The van der Waals surface area contributed by atoms with Crippen LogP contribution in [0.15, 0.2) is 36.7 Å². The fraction of sp³-hybridized carbons (Fsp3) is 0.591. The van der Waals surface area contributed by atoms with Crippen LogP contribution in [0.4, 0.5) is 0 Å². The molecule has 0 aromatic rings. The Kier molecular flexibility index (Phi) is 22.9. The van der Waals surface area contributed by atoms with E-state index in [1.807, 2.05) is 25.9 Å². The summed E-state index contributed by atoms with van der Waals surface area (Å²) in [6.45, 7) is 12.4. The first-order chi connectivity index (χ1) is 16.3. The number of carbonyl (C=O) groups excluding carboxylic acids is 2. The number of nitrogens with two attached hydrogens (primary N) is 1. The average Bonchev–Trinajstić information content (AvgIpc) is 3.24. The van der Waals surface area contributed by atoms with Gasteiger partial charge in [-0.05, 0) is 39.6 Å². The molecule has 35 heavy (non-hydrogen) atoms. The second-order valence-electron chi connectivity index (χ2n) is 6.81. The highest BCUT2D eigenvalue weighted by Crippen LogP contribution is 2.08. The predicted octanol–water partition coefficient (Wildman–Crippen LogP) is 1.66. The molecule has 12 nitrogen and oxygen atoms in total. The molecule has 0 spiro atoms. The molecule has 1 aliphatic heterocycles. The van der Waals surface area contributed by atoms with Gasteiger partial charge < -0.3 is 25.4 Å². The quantitative estimate of drug-likeness (QED) is 0.316. The van der Waals surface area contributed by atoms with Crippen molar-refractivity contribution in [1.29, 1.82) is 0 Å². The van der Waals surface area contributed by atoms with E-state index in [2.05, 4.69) is 21.5 Å². The number of aliphatic carboxylic acids is 1.